The molecule has 0 aliphatic carbocycles. The van der Waals surface area contributed by atoms with Gasteiger partial charge in [0.1, 0.15) is 0 Å². The van der Waals surface area contributed by atoms with Crippen molar-refractivity contribution in [1.82, 2.24) is 4.90 Å². The Balaban J connectivity index is 1.50. The maximum Gasteiger partial charge on any atom is 0.241 e. The van der Waals surface area contributed by atoms with Crippen molar-refractivity contribution in [3.63, 3.8) is 0 Å². The van der Waals surface area contributed by atoms with Crippen LogP contribution >= 0.6 is 0 Å². The Morgan fingerprint density at radius 2 is 1.68 bits per heavy atom. The van der Waals surface area contributed by atoms with Gasteiger partial charge in [0.05, 0.1) is 10.9 Å². The first-order chi connectivity index (χ1) is 14.6. The van der Waals surface area contributed by atoms with Crippen LogP contribution in [0.5, 0.6) is 0 Å². The zero-order chi connectivity index (χ0) is 22.6. The van der Waals surface area contributed by atoms with Crippen LogP contribution in [0, 0.1) is 12.8 Å². The minimum Gasteiger partial charge on any atom is -0.326 e. The largest absolute Gasteiger partial charge is 0.326 e. The SMILES string of the molecule is Cc1cccc(NC(=O)C(C)N2CCC(C(=O)Nc3ccc(S(N)(=O)=O)cc3)CC2)c1. The Hall–Kier alpha value is -2.75. The summed E-state index contributed by atoms with van der Waals surface area (Å²) < 4.78 is 22.6. The zero-order valence-electron chi connectivity index (χ0n) is 17.7. The monoisotopic (exact) mass is 444 g/mol. The molecule has 1 heterocycles. The average Bonchev–Trinajstić information content (AvgIpc) is 2.73. The number of rotatable bonds is 6. The van der Waals surface area contributed by atoms with E-state index in [9.17, 15) is 18.0 Å². The van der Waals surface area contributed by atoms with Gasteiger partial charge in [-0.15, -0.1) is 0 Å². The number of nitrogens with two attached hydrogens (primary N) is 1. The molecule has 3 rings (SSSR count). The number of primary sulfonamides is 1. The van der Waals surface area contributed by atoms with Gasteiger partial charge in [0.2, 0.25) is 21.8 Å². The highest BCUT2D eigenvalue weighted by atomic mass is 32.2. The maximum atomic E-state index is 12.6. The molecule has 0 bridgehead atoms. The highest BCUT2D eigenvalue weighted by Gasteiger charge is 2.30. The molecule has 1 aliphatic rings. The molecule has 31 heavy (non-hydrogen) atoms. The van der Waals surface area contributed by atoms with Crippen LogP contribution in [0.3, 0.4) is 0 Å². The van der Waals surface area contributed by atoms with E-state index in [1.54, 1.807) is 0 Å². The van der Waals surface area contributed by atoms with Gasteiger partial charge in [0.25, 0.3) is 0 Å². The third-order valence-corrected chi connectivity index (χ3v) is 6.49. The number of piperidine rings is 1. The van der Waals surface area contributed by atoms with Crippen LogP contribution in [-0.4, -0.2) is 44.3 Å². The molecule has 2 aromatic carbocycles. The lowest BCUT2D eigenvalue weighted by molar-refractivity contribution is -0.123. The molecule has 1 saturated heterocycles. The molecule has 2 aromatic rings. The number of anilines is 2. The van der Waals surface area contributed by atoms with E-state index in [1.807, 2.05) is 38.1 Å². The summed E-state index contributed by atoms with van der Waals surface area (Å²) in [7, 11) is -3.76. The van der Waals surface area contributed by atoms with Crippen molar-refractivity contribution in [2.75, 3.05) is 23.7 Å². The number of sulfonamides is 1. The summed E-state index contributed by atoms with van der Waals surface area (Å²) in [6, 6.07) is 13.1. The highest BCUT2D eigenvalue weighted by Crippen LogP contribution is 2.22. The molecule has 8 nitrogen and oxygen atoms in total. The fourth-order valence-electron chi connectivity index (χ4n) is 3.66. The number of benzene rings is 2. The topological polar surface area (TPSA) is 122 Å². The van der Waals surface area contributed by atoms with E-state index in [2.05, 4.69) is 15.5 Å². The fourth-order valence-corrected chi connectivity index (χ4v) is 4.17. The van der Waals surface area contributed by atoms with Crippen LogP contribution in [0.1, 0.15) is 25.3 Å². The number of carbonyl (C=O) groups excluding carboxylic acids is 2. The number of aryl methyl sites for hydroxylation is 1. The summed E-state index contributed by atoms with van der Waals surface area (Å²) in [5, 5.41) is 10.9. The predicted molar refractivity (Wildman–Crippen MR) is 120 cm³/mol. The van der Waals surface area contributed by atoms with Gasteiger partial charge in [-0.2, -0.15) is 0 Å². The van der Waals surface area contributed by atoms with E-state index in [0.29, 0.717) is 31.6 Å². The Labute approximate surface area is 182 Å². The second-order valence-electron chi connectivity index (χ2n) is 7.90. The van der Waals surface area contributed by atoms with Gasteiger partial charge >= 0.3 is 0 Å². The second kappa shape index (κ2) is 9.59. The highest BCUT2D eigenvalue weighted by molar-refractivity contribution is 7.89. The molecule has 0 saturated carbocycles. The van der Waals surface area contributed by atoms with Crippen molar-refractivity contribution in [1.29, 1.82) is 0 Å². The lowest BCUT2D eigenvalue weighted by atomic mass is 9.94. The molecule has 9 heteroatoms. The van der Waals surface area contributed by atoms with Gasteiger partial charge in [-0.1, -0.05) is 12.1 Å². The molecule has 166 valence electrons. The summed E-state index contributed by atoms with van der Waals surface area (Å²) in [5.74, 6) is -0.343. The first kappa shape index (κ1) is 22.9. The molecular weight excluding hydrogens is 416 g/mol. The van der Waals surface area contributed by atoms with Crippen LogP contribution in [0.2, 0.25) is 0 Å². The van der Waals surface area contributed by atoms with E-state index in [1.165, 1.54) is 24.3 Å². The fraction of sp³-hybridized carbons (Fsp3) is 0.364. The number of hydrogen-bond acceptors (Lipinski definition) is 5. The van der Waals surface area contributed by atoms with Gasteiger partial charge in [-0.05, 0) is 81.7 Å². The number of likely N-dealkylation sites (tertiary alicyclic amines) is 1. The van der Waals surface area contributed by atoms with Crippen LogP contribution in [0.25, 0.3) is 0 Å². The van der Waals surface area contributed by atoms with Crippen molar-refractivity contribution >= 4 is 33.2 Å². The number of nitrogens with zero attached hydrogens (tertiary/aromatic N) is 1. The van der Waals surface area contributed by atoms with Crippen molar-refractivity contribution in [2.45, 2.75) is 37.6 Å². The molecule has 1 unspecified atom stereocenters. The third-order valence-electron chi connectivity index (χ3n) is 5.56. The predicted octanol–water partition coefficient (Wildman–Crippen LogP) is 2.32. The van der Waals surface area contributed by atoms with E-state index >= 15 is 0 Å². The van der Waals surface area contributed by atoms with Gasteiger partial charge in [-0.25, -0.2) is 13.6 Å². The first-order valence-corrected chi connectivity index (χ1v) is 11.7. The van der Waals surface area contributed by atoms with Gasteiger partial charge < -0.3 is 10.6 Å². The summed E-state index contributed by atoms with van der Waals surface area (Å²) >= 11 is 0. The summed E-state index contributed by atoms with van der Waals surface area (Å²) in [6.45, 7) is 5.14. The van der Waals surface area contributed by atoms with Crippen molar-refractivity contribution in [3.05, 3.63) is 54.1 Å². The van der Waals surface area contributed by atoms with Crippen LogP contribution in [-0.2, 0) is 19.6 Å². The molecule has 0 radical (unpaired) electrons. The van der Waals surface area contributed by atoms with Crippen molar-refractivity contribution < 1.29 is 18.0 Å². The van der Waals surface area contributed by atoms with Gasteiger partial charge in [-0.3, -0.25) is 14.5 Å². The van der Waals surface area contributed by atoms with E-state index in [4.69, 9.17) is 5.14 Å². The van der Waals surface area contributed by atoms with Crippen LogP contribution in [0.15, 0.2) is 53.4 Å². The second-order valence-corrected chi connectivity index (χ2v) is 9.47. The summed E-state index contributed by atoms with van der Waals surface area (Å²) in [6.07, 6.45) is 1.28. The molecule has 0 spiro atoms. The molecule has 1 atom stereocenters. The smallest absolute Gasteiger partial charge is 0.241 e. The number of carbonyl (C=O) groups is 2. The zero-order valence-corrected chi connectivity index (χ0v) is 18.5. The molecule has 4 N–H and O–H groups in total. The van der Waals surface area contributed by atoms with E-state index in [-0.39, 0.29) is 28.7 Å². The molecule has 0 aromatic heterocycles. The lowest BCUT2D eigenvalue weighted by Gasteiger charge is -2.34. The van der Waals surface area contributed by atoms with Gasteiger partial charge in [0, 0.05) is 17.3 Å². The minimum atomic E-state index is -3.76. The maximum absolute atomic E-state index is 12.6. The van der Waals surface area contributed by atoms with Crippen LogP contribution < -0.4 is 15.8 Å². The summed E-state index contributed by atoms with van der Waals surface area (Å²) in [4.78, 5) is 27.3. The molecule has 2 amide bonds. The average molecular weight is 445 g/mol. The molecule has 1 aliphatic heterocycles. The van der Waals surface area contributed by atoms with E-state index in [0.717, 1.165) is 11.3 Å². The quantitative estimate of drug-likeness (QED) is 0.631. The number of hydrogen-bond donors (Lipinski definition) is 3. The summed E-state index contributed by atoms with van der Waals surface area (Å²) in [5.41, 5.74) is 2.38. The third kappa shape index (κ3) is 6.13. The Morgan fingerprint density at radius 3 is 2.26 bits per heavy atom. The Bertz CT molecular complexity index is 1050. The Kier molecular flexibility index (Phi) is 7.09. The first-order valence-electron chi connectivity index (χ1n) is 10.2. The normalized spacial score (nSPS) is 16.5. The van der Waals surface area contributed by atoms with Crippen molar-refractivity contribution in [3.8, 4) is 0 Å². The lowest BCUT2D eigenvalue weighted by Crippen LogP contribution is -2.47. The van der Waals surface area contributed by atoms with E-state index < -0.39 is 10.0 Å². The van der Waals surface area contributed by atoms with Gasteiger partial charge in [0.15, 0.2) is 0 Å². The van der Waals surface area contributed by atoms with Crippen LogP contribution in [0.4, 0.5) is 11.4 Å². The Morgan fingerprint density at radius 1 is 1.03 bits per heavy atom. The standard InChI is InChI=1S/C22H28N4O4S/c1-15-4-3-5-19(14-15)25-21(27)16(2)26-12-10-17(11-13-26)22(28)24-18-6-8-20(9-7-18)31(23,29)30/h3-9,14,16-17H,10-13H2,1-2H3,(H,24,28)(H,25,27)(H2,23,29,30). The number of nitrogens with one attached hydrogen (secondary N) is 2. The number of amides is 2. The molecule has 1 fully saturated rings. The molecular formula is C22H28N4O4S. The van der Waals surface area contributed by atoms with Crippen molar-refractivity contribution in [2.24, 2.45) is 11.1 Å². The minimum absolute atomic E-state index is 0.00302.